The molecule has 10 heteroatoms. The van der Waals surface area contributed by atoms with Crippen molar-refractivity contribution in [3.8, 4) is 0 Å². The average molecular weight is 537 g/mol. The molecule has 0 bridgehead atoms. The maximum absolute atomic E-state index is 13.8. The van der Waals surface area contributed by atoms with Gasteiger partial charge in [0, 0.05) is 6.54 Å². The molecule has 0 saturated carbocycles. The predicted octanol–water partition coefficient (Wildman–Crippen LogP) is 3.51. The van der Waals surface area contributed by atoms with Crippen LogP contribution in [0.3, 0.4) is 0 Å². The summed E-state index contributed by atoms with van der Waals surface area (Å²) in [5, 5.41) is 9.73. The zero-order chi connectivity index (χ0) is 27.8. The first kappa shape index (κ1) is 27.9. The van der Waals surface area contributed by atoms with Crippen LogP contribution in [0.1, 0.15) is 51.2 Å². The largest absolute Gasteiger partial charge is 0.476 e. The Morgan fingerprint density at radius 3 is 2.36 bits per heavy atom. The summed E-state index contributed by atoms with van der Waals surface area (Å²) in [7, 11) is 0. The lowest BCUT2D eigenvalue weighted by Gasteiger charge is -2.35. The second-order valence-electron chi connectivity index (χ2n) is 10.7. The van der Waals surface area contributed by atoms with E-state index < -0.39 is 23.8 Å². The van der Waals surface area contributed by atoms with Crippen molar-refractivity contribution < 1.29 is 28.7 Å². The number of ether oxygens (including phenoxy) is 2. The number of nitrogens with one attached hydrogen (secondary N) is 2. The maximum atomic E-state index is 13.8. The molecule has 2 N–H and O–H groups in total. The van der Waals surface area contributed by atoms with E-state index >= 15 is 0 Å². The molecule has 2 aromatic carbocycles. The molecule has 3 atom stereocenters. The van der Waals surface area contributed by atoms with Crippen LogP contribution in [0.4, 0.5) is 4.79 Å². The van der Waals surface area contributed by atoms with Crippen LogP contribution in [0.5, 0.6) is 0 Å². The smallest absolute Gasteiger partial charge is 0.408 e. The van der Waals surface area contributed by atoms with Gasteiger partial charge in [0.1, 0.15) is 30.9 Å². The van der Waals surface area contributed by atoms with Crippen LogP contribution in [0.15, 0.2) is 65.8 Å². The monoisotopic (exact) mass is 536 g/mol. The van der Waals surface area contributed by atoms with Gasteiger partial charge in [0.05, 0.1) is 12.5 Å². The predicted molar refractivity (Wildman–Crippen MR) is 144 cm³/mol. The van der Waals surface area contributed by atoms with Crippen molar-refractivity contribution in [3.05, 3.63) is 71.8 Å². The summed E-state index contributed by atoms with van der Waals surface area (Å²) < 4.78 is 11.4. The Morgan fingerprint density at radius 1 is 1.03 bits per heavy atom. The van der Waals surface area contributed by atoms with Gasteiger partial charge in [-0.15, -0.1) is 0 Å². The van der Waals surface area contributed by atoms with Gasteiger partial charge in [-0.05, 0) is 44.7 Å². The van der Waals surface area contributed by atoms with Crippen LogP contribution < -0.4 is 10.6 Å². The Labute approximate surface area is 228 Å². The molecule has 0 unspecified atom stereocenters. The molecule has 2 aliphatic heterocycles. The molecule has 2 saturated heterocycles. The summed E-state index contributed by atoms with van der Waals surface area (Å²) in [4.78, 5) is 46.7. The summed E-state index contributed by atoms with van der Waals surface area (Å²) in [6.07, 6.45) is 0.268. The Morgan fingerprint density at radius 2 is 1.69 bits per heavy atom. The Hall–Kier alpha value is -4.08. The normalized spacial score (nSPS) is 22.2. The topological polar surface area (TPSA) is 119 Å². The third-order valence-corrected chi connectivity index (χ3v) is 6.42. The minimum absolute atomic E-state index is 0.0472. The number of oxime groups is 1. The fourth-order valence-electron chi connectivity index (χ4n) is 4.61. The summed E-state index contributed by atoms with van der Waals surface area (Å²) >= 11 is 0. The van der Waals surface area contributed by atoms with Crippen molar-refractivity contribution >= 4 is 23.8 Å². The number of carbonyl (C=O) groups is 3. The number of carbonyl (C=O) groups excluding carboxylic acids is 3. The highest BCUT2D eigenvalue weighted by molar-refractivity contribution is 5.95. The van der Waals surface area contributed by atoms with E-state index in [4.69, 9.17) is 14.3 Å². The molecule has 0 aromatic heterocycles. The van der Waals surface area contributed by atoms with Gasteiger partial charge in [-0.3, -0.25) is 9.59 Å². The second-order valence-corrected chi connectivity index (χ2v) is 10.7. The minimum atomic E-state index is -1.05. The van der Waals surface area contributed by atoms with E-state index in [2.05, 4.69) is 15.8 Å². The first-order valence-electron chi connectivity index (χ1n) is 13.2. The lowest BCUT2D eigenvalue weighted by Crippen LogP contribution is -2.58. The van der Waals surface area contributed by atoms with E-state index in [9.17, 15) is 14.4 Å². The number of amides is 3. The van der Waals surface area contributed by atoms with Crippen molar-refractivity contribution in [2.24, 2.45) is 5.16 Å². The SMILES string of the molecule is CC(C)(C)OC(=O)N[C@H]1C/C(=N\OCc2ccccc2)OC[C@H]2CC[C@@H](C(=O)NCc3ccccc3)N2C1=O. The van der Waals surface area contributed by atoms with Crippen molar-refractivity contribution in [2.75, 3.05) is 6.61 Å². The Bertz CT molecular complexity index is 1170. The molecule has 0 radical (unpaired) electrons. The van der Waals surface area contributed by atoms with Gasteiger partial charge in [0.2, 0.25) is 17.7 Å². The Kier molecular flexibility index (Phi) is 9.06. The van der Waals surface area contributed by atoms with Crippen LogP contribution in [-0.4, -0.2) is 59.0 Å². The molecular formula is C29H36N4O6. The molecule has 2 fully saturated rings. The van der Waals surface area contributed by atoms with Crippen LogP contribution in [0.2, 0.25) is 0 Å². The highest BCUT2D eigenvalue weighted by Gasteiger charge is 2.45. The van der Waals surface area contributed by atoms with Crippen LogP contribution in [0, 0.1) is 0 Å². The van der Waals surface area contributed by atoms with Crippen molar-refractivity contribution in [1.29, 1.82) is 0 Å². The summed E-state index contributed by atoms with van der Waals surface area (Å²) in [6.45, 7) is 5.97. The van der Waals surface area contributed by atoms with E-state index in [1.54, 1.807) is 25.7 Å². The van der Waals surface area contributed by atoms with Gasteiger partial charge >= 0.3 is 6.09 Å². The number of alkyl carbamates (subject to hydrolysis) is 1. The van der Waals surface area contributed by atoms with Gasteiger partial charge in [-0.2, -0.15) is 0 Å². The van der Waals surface area contributed by atoms with E-state index in [-0.39, 0.29) is 43.4 Å². The molecule has 2 heterocycles. The number of hydrogen-bond acceptors (Lipinski definition) is 7. The molecular weight excluding hydrogens is 500 g/mol. The molecule has 2 aromatic rings. The zero-order valence-corrected chi connectivity index (χ0v) is 22.6. The third-order valence-electron chi connectivity index (χ3n) is 6.42. The maximum Gasteiger partial charge on any atom is 0.408 e. The second kappa shape index (κ2) is 12.6. The zero-order valence-electron chi connectivity index (χ0n) is 22.6. The highest BCUT2D eigenvalue weighted by atomic mass is 16.6. The highest BCUT2D eigenvalue weighted by Crippen LogP contribution is 2.28. The van der Waals surface area contributed by atoms with E-state index in [0.717, 1.165) is 11.1 Å². The molecule has 3 amide bonds. The van der Waals surface area contributed by atoms with E-state index in [1.807, 2.05) is 60.7 Å². The quantitative estimate of drug-likeness (QED) is 0.523. The third kappa shape index (κ3) is 7.95. The fourth-order valence-corrected chi connectivity index (χ4v) is 4.61. The molecule has 39 heavy (non-hydrogen) atoms. The molecule has 4 rings (SSSR count). The summed E-state index contributed by atoms with van der Waals surface area (Å²) in [5.41, 5.74) is 1.14. The van der Waals surface area contributed by atoms with Crippen LogP contribution in [0.25, 0.3) is 0 Å². The summed E-state index contributed by atoms with van der Waals surface area (Å²) in [5.74, 6) is -0.439. The Balaban J connectivity index is 1.49. The van der Waals surface area contributed by atoms with Gasteiger partial charge in [-0.25, -0.2) is 4.79 Å². The number of rotatable bonds is 7. The molecule has 0 aliphatic carbocycles. The first-order valence-corrected chi connectivity index (χ1v) is 13.2. The summed E-state index contributed by atoms with van der Waals surface area (Å²) in [6, 6.07) is 17.0. The lowest BCUT2D eigenvalue weighted by atomic mass is 10.1. The number of fused-ring (bicyclic) bond motifs is 1. The van der Waals surface area contributed by atoms with Gasteiger partial charge in [0.15, 0.2) is 0 Å². The molecule has 208 valence electrons. The van der Waals surface area contributed by atoms with E-state index in [0.29, 0.717) is 19.4 Å². The van der Waals surface area contributed by atoms with Crippen LogP contribution in [-0.2, 0) is 37.1 Å². The van der Waals surface area contributed by atoms with Gasteiger partial charge < -0.3 is 29.8 Å². The lowest BCUT2D eigenvalue weighted by molar-refractivity contribution is -0.143. The van der Waals surface area contributed by atoms with Gasteiger partial charge in [0.25, 0.3) is 0 Å². The van der Waals surface area contributed by atoms with Gasteiger partial charge in [-0.1, -0.05) is 65.8 Å². The standard InChI is InChI=1S/C29H36N4O6/c1-29(2,3)39-28(36)31-23-16-25(32-38-18-21-12-8-5-9-13-21)37-19-22-14-15-24(33(22)27(23)35)26(34)30-17-20-10-6-4-7-11-20/h4-13,22-24H,14-19H2,1-3H3,(H,30,34)(H,31,36)/b32-25+/t22-,23+,24+/m1/s1. The number of nitrogens with zero attached hydrogens (tertiary/aromatic N) is 2. The molecule has 2 aliphatic rings. The minimum Gasteiger partial charge on any atom is -0.476 e. The van der Waals surface area contributed by atoms with Crippen molar-refractivity contribution in [1.82, 2.24) is 15.5 Å². The molecule has 0 spiro atoms. The fraction of sp³-hybridized carbons (Fsp3) is 0.448. The van der Waals surface area contributed by atoms with E-state index in [1.165, 1.54) is 0 Å². The van der Waals surface area contributed by atoms with Crippen molar-refractivity contribution in [3.63, 3.8) is 0 Å². The van der Waals surface area contributed by atoms with Crippen LogP contribution >= 0.6 is 0 Å². The first-order chi connectivity index (χ1) is 18.7. The van der Waals surface area contributed by atoms with Crippen molar-refractivity contribution in [2.45, 2.75) is 76.9 Å². The number of hydrogen-bond donors (Lipinski definition) is 2. The molecule has 10 nitrogen and oxygen atoms in total. The number of benzene rings is 2. The average Bonchev–Trinajstić information content (AvgIpc) is 3.32.